The highest BCUT2D eigenvalue weighted by molar-refractivity contribution is 8.03. The fraction of sp³-hybridized carbons (Fsp3) is 0.417. The van der Waals surface area contributed by atoms with Crippen molar-refractivity contribution < 1.29 is 9.90 Å². The molecule has 0 amide bonds. The second kappa shape index (κ2) is 7.33. The number of carboxylic acids is 1. The van der Waals surface area contributed by atoms with Crippen LogP contribution < -0.4 is 5.73 Å². The number of hydrogen-bond donors (Lipinski definition) is 2. The number of nitrogens with two attached hydrogens (primary N) is 1. The monoisotopic (exact) mass is 303 g/mol. The zero-order valence-electron chi connectivity index (χ0n) is 10.6. The van der Waals surface area contributed by atoms with Crippen LogP contribution in [0.2, 0.25) is 0 Å². The Labute approximate surface area is 120 Å². The number of carboxylic acid groups (broad SMARTS) is 1. The molecule has 0 saturated carbocycles. The molecule has 0 aliphatic rings. The summed E-state index contributed by atoms with van der Waals surface area (Å²) >= 11 is 5.03. The summed E-state index contributed by atoms with van der Waals surface area (Å²) in [6, 6.07) is 3.56. The molecular weight excluding hydrogens is 286 g/mol. The molecule has 0 heterocycles. The maximum Gasteiger partial charge on any atom is 0.305 e. The summed E-state index contributed by atoms with van der Waals surface area (Å²) in [5.74, 6) is -0.868. The largest absolute Gasteiger partial charge is 0.481 e. The zero-order chi connectivity index (χ0) is 13.7. The van der Waals surface area contributed by atoms with Crippen LogP contribution >= 0.6 is 35.3 Å². The third-order valence-corrected chi connectivity index (χ3v) is 5.14. The van der Waals surface area contributed by atoms with E-state index >= 15 is 0 Å². The van der Waals surface area contributed by atoms with Crippen LogP contribution in [0.1, 0.15) is 18.0 Å². The van der Waals surface area contributed by atoms with E-state index in [0.29, 0.717) is 0 Å². The molecule has 0 saturated heterocycles. The van der Waals surface area contributed by atoms with E-state index in [1.165, 1.54) is 4.90 Å². The Hall–Kier alpha value is -0.300. The Morgan fingerprint density at radius 3 is 2.06 bits per heavy atom. The van der Waals surface area contributed by atoms with Gasteiger partial charge >= 0.3 is 5.97 Å². The van der Waals surface area contributed by atoms with Gasteiger partial charge < -0.3 is 10.8 Å². The summed E-state index contributed by atoms with van der Waals surface area (Å²) in [5.41, 5.74) is 6.82. The van der Waals surface area contributed by atoms with Gasteiger partial charge in [0.2, 0.25) is 0 Å². The lowest BCUT2D eigenvalue weighted by atomic mass is 10.1. The number of thioether (sulfide) groups is 3. The van der Waals surface area contributed by atoms with Crippen molar-refractivity contribution in [1.29, 1.82) is 0 Å². The van der Waals surface area contributed by atoms with Crippen LogP contribution in [0.4, 0.5) is 0 Å². The minimum Gasteiger partial charge on any atom is -0.481 e. The second-order valence-corrected chi connectivity index (χ2v) is 6.18. The summed E-state index contributed by atoms with van der Waals surface area (Å²) < 4.78 is 0. The van der Waals surface area contributed by atoms with Gasteiger partial charge in [-0.05, 0) is 36.5 Å². The lowest BCUT2D eigenvalue weighted by molar-refractivity contribution is -0.137. The number of benzene rings is 1. The summed E-state index contributed by atoms with van der Waals surface area (Å²) in [6.45, 7) is 0. The van der Waals surface area contributed by atoms with E-state index in [9.17, 15) is 4.79 Å². The number of aliphatic carboxylic acids is 1. The Bertz CT molecular complexity index is 412. The predicted octanol–water partition coefficient (Wildman–Crippen LogP) is 3.33. The molecule has 1 aromatic rings. The van der Waals surface area contributed by atoms with Crippen molar-refractivity contribution in [2.45, 2.75) is 27.1 Å². The first kappa shape index (κ1) is 15.8. The highest BCUT2D eigenvalue weighted by atomic mass is 32.2. The van der Waals surface area contributed by atoms with E-state index in [1.54, 1.807) is 35.3 Å². The van der Waals surface area contributed by atoms with Crippen molar-refractivity contribution in [1.82, 2.24) is 0 Å². The Morgan fingerprint density at radius 1 is 1.22 bits per heavy atom. The molecule has 0 radical (unpaired) electrons. The first-order valence-electron chi connectivity index (χ1n) is 5.30. The molecule has 1 aromatic carbocycles. The molecule has 0 bridgehead atoms. The van der Waals surface area contributed by atoms with Gasteiger partial charge in [-0.3, -0.25) is 4.79 Å². The molecular formula is C12H17NO2S3. The van der Waals surface area contributed by atoms with Crippen LogP contribution in [-0.4, -0.2) is 29.8 Å². The molecule has 18 heavy (non-hydrogen) atoms. The summed E-state index contributed by atoms with van der Waals surface area (Å²) in [6.07, 6.45) is 6.04. The topological polar surface area (TPSA) is 63.3 Å². The van der Waals surface area contributed by atoms with E-state index in [4.69, 9.17) is 10.8 Å². The van der Waals surface area contributed by atoms with Crippen LogP contribution in [0.3, 0.4) is 0 Å². The maximum atomic E-state index is 10.7. The average molecular weight is 303 g/mol. The molecule has 1 rings (SSSR count). The lowest BCUT2D eigenvalue weighted by Crippen LogP contribution is -2.15. The van der Waals surface area contributed by atoms with E-state index < -0.39 is 12.0 Å². The number of carbonyl (C=O) groups is 1. The van der Waals surface area contributed by atoms with E-state index in [0.717, 1.165) is 15.4 Å². The maximum absolute atomic E-state index is 10.7. The van der Waals surface area contributed by atoms with Crippen molar-refractivity contribution in [3.05, 3.63) is 17.7 Å². The summed E-state index contributed by atoms with van der Waals surface area (Å²) in [7, 11) is 0. The number of hydrogen-bond acceptors (Lipinski definition) is 5. The van der Waals surface area contributed by atoms with Crippen LogP contribution in [0.25, 0.3) is 0 Å². The van der Waals surface area contributed by atoms with Crippen LogP contribution in [0, 0.1) is 0 Å². The fourth-order valence-corrected chi connectivity index (χ4v) is 4.30. The Kier molecular flexibility index (Phi) is 6.42. The minimum atomic E-state index is -0.868. The van der Waals surface area contributed by atoms with Gasteiger partial charge in [0.25, 0.3) is 0 Å². The highest BCUT2D eigenvalue weighted by Crippen LogP contribution is 2.38. The van der Waals surface area contributed by atoms with Crippen molar-refractivity contribution in [2.75, 3.05) is 18.8 Å². The number of rotatable bonds is 6. The Balaban J connectivity index is 3.18. The van der Waals surface area contributed by atoms with Gasteiger partial charge in [0, 0.05) is 20.7 Å². The smallest absolute Gasteiger partial charge is 0.305 e. The van der Waals surface area contributed by atoms with Crippen molar-refractivity contribution >= 4 is 41.3 Å². The first-order valence-corrected chi connectivity index (χ1v) is 8.98. The van der Waals surface area contributed by atoms with E-state index in [-0.39, 0.29) is 6.42 Å². The molecule has 0 aliphatic heterocycles. The molecule has 6 heteroatoms. The Morgan fingerprint density at radius 2 is 1.72 bits per heavy atom. The minimum absolute atomic E-state index is 0.0414. The van der Waals surface area contributed by atoms with Gasteiger partial charge in [-0.2, -0.15) is 0 Å². The quantitative estimate of drug-likeness (QED) is 0.786. The van der Waals surface area contributed by atoms with E-state index in [2.05, 4.69) is 0 Å². The van der Waals surface area contributed by atoms with Gasteiger partial charge in [0.1, 0.15) is 0 Å². The molecule has 1 atom stereocenters. The normalized spacial score (nSPS) is 12.4. The second-order valence-electron chi connectivity index (χ2n) is 3.66. The molecule has 0 fully saturated rings. The van der Waals surface area contributed by atoms with Gasteiger partial charge in [0.15, 0.2) is 0 Å². The van der Waals surface area contributed by atoms with Crippen molar-refractivity contribution in [3.63, 3.8) is 0 Å². The molecule has 0 spiro atoms. The van der Waals surface area contributed by atoms with Crippen LogP contribution in [-0.2, 0) is 4.79 Å². The standard InChI is InChI=1S/C12H17NO2S3/c1-16-9-4-7(8(13)6-11(14)15)5-10(17-2)12(9)18-3/h4-5,8H,6,13H2,1-3H3,(H,14,15). The van der Waals surface area contributed by atoms with Gasteiger partial charge in [-0.15, -0.1) is 35.3 Å². The molecule has 100 valence electrons. The summed E-state index contributed by atoms with van der Waals surface area (Å²) in [4.78, 5) is 14.3. The van der Waals surface area contributed by atoms with Gasteiger partial charge in [0.05, 0.1) is 6.42 Å². The fourth-order valence-electron chi connectivity index (χ4n) is 1.62. The predicted molar refractivity (Wildman–Crippen MR) is 81.0 cm³/mol. The molecule has 3 N–H and O–H groups in total. The third kappa shape index (κ3) is 3.85. The lowest BCUT2D eigenvalue weighted by Gasteiger charge is -2.16. The highest BCUT2D eigenvalue weighted by Gasteiger charge is 2.15. The molecule has 0 aromatic heterocycles. The molecule has 1 unspecified atom stereocenters. The van der Waals surface area contributed by atoms with Crippen LogP contribution in [0.5, 0.6) is 0 Å². The van der Waals surface area contributed by atoms with Gasteiger partial charge in [-0.1, -0.05) is 0 Å². The summed E-state index contributed by atoms with van der Waals surface area (Å²) in [5, 5.41) is 8.80. The SMILES string of the molecule is CSc1cc(C(N)CC(=O)O)cc(SC)c1SC. The van der Waals surface area contributed by atoms with E-state index in [1.807, 2.05) is 30.9 Å². The molecule has 3 nitrogen and oxygen atoms in total. The molecule has 0 aliphatic carbocycles. The first-order chi connectivity index (χ1) is 8.53. The third-order valence-electron chi connectivity index (χ3n) is 2.51. The van der Waals surface area contributed by atoms with Crippen molar-refractivity contribution in [3.8, 4) is 0 Å². The van der Waals surface area contributed by atoms with Gasteiger partial charge in [-0.25, -0.2) is 0 Å². The average Bonchev–Trinajstić information content (AvgIpc) is 2.35. The van der Waals surface area contributed by atoms with Crippen LogP contribution in [0.15, 0.2) is 26.8 Å². The zero-order valence-corrected chi connectivity index (χ0v) is 13.0. The van der Waals surface area contributed by atoms with Crippen molar-refractivity contribution in [2.24, 2.45) is 5.73 Å².